The topological polar surface area (TPSA) is 150 Å². The molecule has 0 aliphatic heterocycles. The molecular formula is C29H27F2N9O. The summed E-state index contributed by atoms with van der Waals surface area (Å²) in [5.74, 6) is -2.35. The van der Waals surface area contributed by atoms with Crippen LogP contribution in [-0.4, -0.2) is 44.4 Å². The Morgan fingerprint density at radius 3 is 2.63 bits per heavy atom. The van der Waals surface area contributed by atoms with Gasteiger partial charge in [-0.15, -0.1) is 0 Å². The molecule has 5 rings (SSSR count). The minimum atomic E-state index is -0.886. The molecule has 5 aromatic rings. The lowest BCUT2D eigenvalue weighted by Gasteiger charge is -2.20. The van der Waals surface area contributed by atoms with Crippen molar-refractivity contribution in [3.63, 3.8) is 0 Å². The second kappa shape index (κ2) is 11.0. The summed E-state index contributed by atoms with van der Waals surface area (Å²) in [6.07, 6.45) is 4.23. The zero-order chi connectivity index (χ0) is 29.3. The van der Waals surface area contributed by atoms with Crippen molar-refractivity contribution < 1.29 is 13.6 Å². The number of anilines is 1. The zero-order valence-electron chi connectivity index (χ0n) is 22.5. The minimum absolute atomic E-state index is 0.00242. The molecule has 0 saturated carbocycles. The number of hydrogen-bond acceptors (Lipinski definition) is 6. The number of aromatic amines is 2. The molecule has 1 atom stereocenters. The SMILES string of the molecule is C=C(Nc1cc(-c2ccc3nccnc3c2)[nH]n1)/C(C(=O)NC)=C(\N=CN)C(C)c1cc(F)c2[nH]c(C)cc2c1F. The summed E-state index contributed by atoms with van der Waals surface area (Å²) in [5.41, 5.74) is 9.50. The standard InChI is InChI=1S/C29H27F2N9O/c1-14-9-19-26(31)18(11-20(30)28(19)37-14)15(2)27(36-13-32)25(29(41)33-4)16(3)38-24-12-22(39-40-24)17-5-6-21-23(10-17)35-8-7-34-21/h5-13,15,37H,3H2,1-2,4H3,(H2,32,36)(H,33,41)(H2,38,39,40)/b27-25+. The third-order valence-electron chi connectivity index (χ3n) is 6.70. The maximum absolute atomic E-state index is 15.6. The van der Waals surface area contributed by atoms with Crippen LogP contribution in [0.5, 0.6) is 0 Å². The number of halogens is 2. The van der Waals surface area contributed by atoms with Gasteiger partial charge in [-0.2, -0.15) is 5.10 Å². The van der Waals surface area contributed by atoms with Crippen molar-refractivity contribution >= 4 is 40.0 Å². The van der Waals surface area contributed by atoms with Crippen LogP contribution in [0.4, 0.5) is 14.6 Å². The average Bonchev–Trinajstić information content (AvgIpc) is 3.61. The first-order chi connectivity index (χ1) is 19.7. The maximum Gasteiger partial charge on any atom is 0.254 e. The first kappa shape index (κ1) is 27.2. The van der Waals surface area contributed by atoms with Gasteiger partial charge in [0, 0.05) is 59.3 Å². The third kappa shape index (κ3) is 5.14. The number of nitrogens with one attached hydrogen (secondary N) is 4. The highest BCUT2D eigenvalue weighted by Crippen LogP contribution is 2.36. The van der Waals surface area contributed by atoms with Crippen LogP contribution >= 0.6 is 0 Å². The molecule has 0 fully saturated rings. The van der Waals surface area contributed by atoms with E-state index < -0.39 is 23.5 Å². The molecule has 0 aliphatic carbocycles. The second-order valence-electron chi connectivity index (χ2n) is 9.37. The summed E-state index contributed by atoms with van der Waals surface area (Å²) in [6, 6.07) is 9.95. The number of H-pyrrole nitrogens is 2. The molecule has 0 aliphatic rings. The second-order valence-corrected chi connectivity index (χ2v) is 9.37. The maximum atomic E-state index is 15.6. The van der Waals surface area contributed by atoms with Gasteiger partial charge in [-0.05, 0) is 31.2 Å². The number of nitrogens with zero attached hydrogens (tertiary/aromatic N) is 4. The van der Waals surface area contributed by atoms with E-state index in [0.29, 0.717) is 17.2 Å². The van der Waals surface area contributed by atoms with Gasteiger partial charge in [-0.1, -0.05) is 19.6 Å². The number of aliphatic imine (C=N–C) groups is 1. The number of carbonyl (C=O) groups excluding carboxylic acids is 1. The van der Waals surface area contributed by atoms with Gasteiger partial charge in [0.2, 0.25) is 0 Å². The number of aromatic nitrogens is 5. The fourth-order valence-corrected chi connectivity index (χ4v) is 4.73. The molecule has 0 radical (unpaired) electrons. The predicted octanol–water partition coefficient (Wildman–Crippen LogP) is 4.80. The Balaban J connectivity index is 1.52. The van der Waals surface area contributed by atoms with Gasteiger partial charge in [-0.3, -0.25) is 19.9 Å². The monoisotopic (exact) mass is 555 g/mol. The van der Waals surface area contributed by atoms with Crippen LogP contribution in [0.3, 0.4) is 0 Å². The predicted molar refractivity (Wildman–Crippen MR) is 155 cm³/mol. The molecule has 6 N–H and O–H groups in total. The molecule has 1 unspecified atom stereocenters. The molecule has 208 valence electrons. The van der Waals surface area contributed by atoms with E-state index in [-0.39, 0.29) is 33.4 Å². The number of rotatable bonds is 8. The van der Waals surface area contributed by atoms with Crippen molar-refractivity contribution in [2.45, 2.75) is 19.8 Å². The van der Waals surface area contributed by atoms with Gasteiger partial charge in [0.25, 0.3) is 5.91 Å². The smallest absolute Gasteiger partial charge is 0.254 e. The number of amides is 1. The highest BCUT2D eigenvalue weighted by molar-refractivity contribution is 5.99. The zero-order valence-corrected chi connectivity index (χ0v) is 22.5. The van der Waals surface area contributed by atoms with E-state index in [1.54, 1.807) is 32.3 Å². The minimum Gasteiger partial charge on any atom is -0.390 e. The van der Waals surface area contributed by atoms with Crippen molar-refractivity contribution in [1.82, 2.24) is 30.5 Å². The van der Waals surface area contributed by atoms with Gasteiger partial charge in [0.15, 0.2) is 5.82 Å². The highest BCUT2D eigenvalue weighted by atomic mass is 19.1. The summed E-state index contributed by atoms with van der Waals surface area (Å²) in [7, 11) is 1.44. The number of fused-ring (bicyclic) bond motifs is 2. The Bertz CT molecular complexity index is 1870. The van der Waals surface area contributed by atoms with Crippen LogP contribution in [0.25, 0.3) is 33.2 Å². The number of nitrogens with two attached hydrogens (primary N) is 1. The fourth-order valence-electron chi connectivity index (χ4n) is 4.73. The van der Waals surface area contributed by atoms with Crippen molar-refractivity contribution in [3.05, 3.63) is 95.2 Å². The molecule has 1 amide bonds. The Kier molecular flexibility index (Phi) is 7.30. The van der Waals surface area contributed by atoms with E-state index in [4.69, 9.17) is 5.73 Å². The molecule has 41 heavy (non-hydrogen) atoms. The Morgan fingerprint density at radius 1 is 1.15 bits per heavy atom. The van der Waals surface area contributed by atoms with E-state index in [9.17, 15) is 9.18 Å². The largest absolute Gasteiger partial charge is 0.390 e. The molecule has 3 aromatic heterocycles. The number of hydrogen-bond donors (Lipinski definition) is 5. The van der Waals surface area contributed by atoms with Crippen LogP contribution in [0, 0.1) is 18.6 Å². The van der Waals surface area contributed by atoms with E-state index in [0.717, 1.165) is 29.0 Å². The van der Waals surface area contributed by atoms with Gasteiger partial charge < -0.3 is 21.4 Å². The van der Waals surface area contributed by atoms with E-state index >= 15 is 4.39 Å². The van der Waals surface area contributed by atoms with Crippen molar-refractivity contribution in [3.8, 4) is 11.3 Å². The number of aryl methyl sites for hydroxylation is 1. The fraction of sp³-hybridized carbons (Fsp3) is 0.138. The number of likely N-dealkylation sites (N-methyl/N-ethyl adjacent to an activating group) is 1. The lowest BCUT2D eigenvalue weighted by atomic mass is 9.91. The van der Waals surface area contributed by atoms with Crippen molar-refractivity contribution in [1.29, 1.82) is 0 Å². The van der Waals surface area contributed by atoms with Crippen LogP contribution < -0.4 is 16.4 Å². The molecule has 0 bridgehead atoms. The molecule has 12 heteroatoms. The van der Waals surface area contributed by atoms with Crippen molar-refractivity contribution in [2.24, 2.45) is 10.7 Å². The summed E-state index contributed by atoms with van der Waals surface area (Å²) in [4.78, 5) is 28.8. The Labute approximate surface area is 233 Å². The van der Waals surface area contributed by atoms with E-state index in [1.807, 2.05) is 18.2 Å². The Morgan fingerprint density at radius 2 is 1.90 bits per heavy atom. The van der Waals surface area contributed by atoms with Crippen molar-refractivity contribution in [2.75, 3.05) is 12.4 Å². The highest BCUT2D eigenvalue weighted by Gasteiger charge is 2.27. The molecular weight excluding hydrogens is 528 g/mol. The number of benzene rings is 2. The van der Waals surface area contributed by atoms with Crippen LogP contribution in [0.2, 0.25) is 0 Å². The van der Waals surface area contributed by atoms with Gasteiger partial charge in [-0.25, -0.2) is 13.8 Å². The summed E-state index contributed by atoms with van der Waals surface area (Å²) < 4.78 is 30.6. The first-order valence-electron chi connectivity index (χ1n) is 12.6. The van der Waals surface area contributed by atoms with E-state index in [2.05, 4.69) is 47.4 Å². The summed E-state index contributed by atoms with van der Waals surface area (Å²) >= 11 is 0. The molecule has 10 nitrogen and oxygen atoms in total. The molecule has 0 spiro atoms. The summed E-state index contributed by atoms with van der Waals surface area (Å²) in [6.45, 7) is 7.34. The number of allylic oxidation sites excluding steroid dienone is 1. The lowest BCUT2D eigenvalue weighted by molar-refractivity contribution is -0.116. The van der Waals surface area contributed by atoms with Crippen LogP contribution in [0.15, 0.2) is 77.3 Å². The normalized spacial score (nSPS) is 13.0. The first-order valence-corrected chi connectivity index (χ1v) is 12.6. The van der Waals surface area contributed by atoms with E-state index in [1.165, 1.54) is 13.1 Å². The van der Waals surface area contributed by atoms with Gasteiger partial charge in [0.1, 0.15) is 11.6 Å². The third-order valence-corrected chi connectivity index (χ3v) is 6.70. The van der Waals surface area contributed by atoms with Gasteiger partial charge >= 0.3 is 0 Å². The Hall–Kier alpha value is -5.39. The number of carbonyl (C=O) groups is 1. The quantitative estimate of drug-likeness (QED) is 0.0803. The van der Waals surface area contributed by atoms with Gasteiger partial charge in [0.05, 0.1) is 39.9 Å². The molecule has 2 aromatic carbocycles. The molecule has 0 saturated heterocycles. The lowest BCUT2D eigenvalue weighted by Crippen LogP contribution is -2.25. The van der Waals surface area contributed by atoms with Crippen LogP contribution in [0.1, 0.15) is 24.1 Å². The molecule has 3 heterocycles. The summed E-state index contributed by atoms with van der Waals surface area (Å²) in [5, 5.41) is 12.9. The average molecular weight is 556 g/mol. The van der Waals surface area contributed by atoms with Crippen LogP contribution in [-0.2, 0) is 4.79 Å².